The third kappa shape index (κ3) is 8.28. The number of hydrogen-bond donors (Lipinski definition) is 1. The van der Waals surface area contributed by atoms with E-state index in [1.165, 1.54) is 11.6 Å². The highest BCUT2D eigenvalue weighted by molar-refractivity contribution is 5.17. The van der Waals surface area contributed by atoms with Gasteiger partial charge in [0.1, 0.15) is 5.82 Å². The maximum atomic E-state index is 13.4. The largest absolute Gasteiger partial charge is 0.377 e. The molecule has 25 heavy (non-hydrogen) atoms. The zero-order valence-corrected chi connectivity index (χ0v) is 15.4. The van der Waals surface area contributed by atoms with Crippen LogP contribution in [0.3, 0.4) is 0 Å². The minimum absolute atomic E-state index is 0.160. The molecule has 2 rings (SSSR count). The minimum Gasteiger partial charge on any atom is -0.377 e. The van der Waals surface area contributed by atoms with Crippen LogP contribution in [0.1, 0.15) is 31.4 Å². The van der Waals surface area contributed by atoms with Crippen LogP contribution < -0.4 is 5.32 Å². The highest BCUT2D eigenvalue weighted by Crippen LogP contribution is 2.14. The van der Waals surface area contributed by atoms with E-state index < -0.39 is 0 Å². The van der Waals surface area contributed by atoms with E-state index in [1.54, 1.807) is 12.1 Å². The molecule has 1 atom stereocenters. The summed E-state index contributed by atoms with van der Waals surface area (Å²) in [5.74, 6) is 0.909. The van der Waals surface area contributed by atoms with E-state index in [1.807, 2.05) is 24.3 Å². The van der Waals surface area contributed by atoms with Crippen molar-refractivity contribution in [2.24, 2.45) is 11.8 Å². The first kappa shape index (κ1) is 19.6. The second-order valence-corrected chi connectivity index (χ2v) is 7.08. The molecule has 2 aromatic rings. The van der Waals surface area contributed by atoms with Gasteiger partial charge >= 0.3 is 0 Å². The van der Waals surface area contributed by atoms with Gasteiger partial charge < -0.3 is 10.1 Å². The van der Waals surface area contributed by atoms with Crippen LogP contribution >= 0.6 is 0 Å². The molecule has 0 aliphatic carbocycles. The van der Waals surface area contributed by atoms with Crippen molar-refractivity contribution in [3.8, 4) is 0 Å². The molecule has 0 spiro atoms. The third-order valence-corrected chi connectivity index (χ3v) is 4.18. The Hall–Kier alpha value is -1.71. The Morgan fingerprint density at radius 1 is 0.960 bits per heavy atom. The average molecular weight is 343 g/mol. The molecule has 0 bridgehead atoms. The number of rotatable bonds is 11. The topological polar surface area (TPSA) is 21.3 Å². The zero-order chi connectivity index (χ0) is 17.9. The Morgan fingerprint density at radius 3 is 2.44 bits per heavy atom. The summed E-state index contributed by atoms with van der Waals surface area (Å²) < 4.78 is 19.3. The zero-order valence-electron chi connectivity index (χ0n) is 15.4. The number of hydrogen-bond acceptors (Lipinski definition) is 2. The van der Waals surface area contributed by atoms with Crippen molar-refractivity contribution in [1.29, 1.82) is 0 Å². The van der Waals surface area contributed by atoms with Crippen LogP contribution in [0, 0.1) is 17.7 Å². The lowest BCUT2D eigenvalue weighted by atomic mass is 9.96. The lowest BCUT2D eigenvalue weighted by molar-refractivity contribution is 0.107. The molecule has 0 saturated carbocycles. The Kier molecular flexibility index (Phi) is 8.64. The Bertz CT molecular complexity index is 600. The van der Waals surface area contributed by atoms with Crippen LogP contribution in [-0.2, 0) is 17.8 Å². The summed E-state index contributed by atoms with van der Waals surface area (Å²) in [4.78, 5) is 0. The summed E-state index contributed by atoms with van der Waals surface area (Å²) in [7, 11) is 0. The summed E-state index contributed by atoms with van der Waals surface area (Å²) in [6, 6.07) is 17.2. The van der Waals surface area contributed by atoms with Gasteiger partial charge in [0.15, 0.2) is 0 Å². The maximum absolute atomic E-state index is 13.4. The molecule has 1 unspecified atom stereocenters. The van der Waals surface area contributed by atoms with Gasteiger partial charge in [-0.3, -0.25) is 0 Å². The normalized spacial score (nSPS) is 12.5. The van der Waals surface area contributed by atoms with Crippen LogP contribution in [0.2, 0.25) is 0 Å². The Morgan fingerprint density at radius 2 is 1.72 bits per heavy atom. The first-order valence-electron chi connectivity index (χ1n) is 9.20. The van der Waals surface area contributed by atoms with Crippen LogP contribution in [0.4, 0.5) is 4.39 Å². The molecular weight excluding hydrogens is 313 g/mol. The molecule has 0 aliphatic rings. The van der Waals surface area contributed by atoms with Crippen LogP contribution in [0.25, 0.3) is 0 Å². The van der Waals surface area contributed by atoms with E-state index in [0.29, 0.717) is 18.4 Å². The third-order valence-electron chi connectivity index (χ3n) is 4.18. The second kappa shape index (κ2) is 11.0. The van der Waals surface area contributed by atoms with Crippen molar-refractivity contribution in [1.82, 2.24) is 5.32 Å². The van der Waals surface area contributed by atoms with Gasteiger partial charge in [-0.1, -0.05) is 56.3 Å². The van der Waals surface area contributed by atoms with E-state index in [-0.39, 0.29) is 5.82 Å². The molecule has 3 heteroatoms. The molecule has 0 aliphatic heterocycles. The molecular formula is C22H30FNO. The van der Waals surface area contributed by atoms with Crippen LogP contribution in [0.15, 0.2) is 54.6 Å². The van der Waals surface area contributed by atoms with E-state index >= 15 is 0 Å². The molecule has 1 N–H and O–H groups in total. The number of halogens is 1. The molecule has 0 radical (unpaired) electrons. The predicted molar refractivity (Wildman–Crippen MR) is 102 cm³/mol. The molecule has 0 heterocycles. The van der Waals surface area contributed by atoms with Gasteiger partial charge in [0.25, 0.3) is 0 Å². The average Bonchev–Trinajstić information content (AvgIpc) is 2.59. The Balaban J connectivity index is 1.80. The quantitative estimate of drug-likeness (QED) is 0.590. The van der Waals surface area contributed by atoms with Gasteiger partial charge in [-0.25, -0.2) is 4.39 Å². The van der Waals surface area contributed by atoms with E-state index in [9.17, 15) is 4.39 Å². The molecule has 2 aromatic carbocycles. The summed E-state index contributed by atoms with van der Waals surface area (Å²) in [5.41, 5.74) is 2.25. The highest BCUT2D eigenvalue weighted by atomic mass is 19.1. The number of benzene rings is 2. The van der Waals surface area contributed by atoms with Crippen LogP contribution in [0.5, 0.6) is 0 Å². The van der Waals surface area contributed by atoms with Gasteiger partial charge in [0, 0.05) is 6.61 Å². The molecule has 0 fully saturated rings. The van der Waals surface area contributed by atoms with Gasteiger partial charge in [-0.2, -0.15) is 0 Å². The molecule has 0 aromatic heterocycles. The summed E-state index contributed by atoms with van der Waals surface area (Å²) in [6.45, 7) is 7.72. The van der Waals surface area contributed by atoms with E-state index in [2.05, 4.69) is 31.3 Å². The maximum Gasteiger partial charge on any atom is 0.123 e. The fraction of sp³-hybridized carbons (Fsp3) is 0.455. The fourth-order valence-corrected chi connectivity index (χ4v) is 2.86. The van der Waals surface area contributed by atoms with Crippen molar-refractivity contribution >= 4 is 0 Å². The first-order chi connectivity index (χ1) is 12.1. The van der Waals surface area contributed by atoms with Gasteiger partial charge in [0.2, 0.25) is 0 Å². The molecule has 0 amide bonds. The van der Waals surface area contributed by atoms with Gasteiger partial charge in [0.05, 0.1) is 6.61 Å². The monoisotopic (exact) mass is 343 g/mol. The van der Waals surface area contributed by atoms with Crippen LogP contribution in [-0.4, -0.2) is 19.7 Å². The van der Waals surface area contributed by atoms with Crippen molar-refractivity contribution in [3.63, 3.8) is 0 Å². The fourth-order valence-electron chi connectivity index (χ4n) is 2.86. The van der Waals surface area contributed by atoms with Crippen molar-refractivity contribution in [2.45, 2.75) is 33.3 Å². The van der Waals surface area contributed by atoms with Crippen molar-refractivity contribution < 1.29 is 9.13 Å². The lowest BCUT2D eigenvalue weighted by Crippen LogP contribution is -2.28. The predicted octanol–water partition coefficient (Wildman–Crippen LogP) is 4.84. The Labute approximate surface area is 151 Å². The molecule has 136 valence electrons. The summed E-state index contributed by atoms with van der Waals surface area (Å²) >= 11 is 0. The smallest absolute Gasteiger partial charge is 0.123 e. The summed E-state index contributed by atoms with van der Waals surface area (Å²) in [5, 5.41) is 3.53. The highest BCUT2D eigenvalue weighted by Gasteiger charge is 2.11. The van der Waals surface area contributed by atoms with Gasteiger partial charge in [-0.05, 0) is 61.0 Å². The van der Waals surface area contributed by atoms with E-state index in [4.69, 9.17) is 4.74 Å². The second-order valence-electron chi connectivity index (χ2n) is 7.08. The number of nitrogens with one attached hydrogen (secondary N) is 1. The SMILES string of the molecule is CC(C)CNCC(CCOCc1ccccc1)Cc1cccc(F)c1. The standard InChI is InChI=1S/C22H30FNO/c1-18(2)15-24-16-21(13-20-9-6-10-22(23)14-20)11-12-25-17-19-7-4-3-5-8-19/h3-10,14,18,21,24H,11-13,15-17H2,1-2H3. The minimum atomic E-state index is -0.160. The molecule has 2 nitrogen and oxygen atoms in total. The van der Waals surface area contributed by atoms with Gasteiger partial charge in [-0.15, -0.1) is 0 Å². The van der Waals surface area contributed by atoms with E-state index in [0.717, 1.165) is 38.1 Å². The summed E-state index contributed by atoms with van der Waals surface area (Å²) in [6.07, 6.45) is 1.84. The van der Waals surface area contributed by atoms with Crippen molar-refractivity contribution in [2.75, 3.05) is 19.7 Å². The molecule has 0 saturated heterocycles. The first-order valence-corrected chi connectivity index (χ1v) is 9.20. The lowest BCUT2D eigenvalue weighted by Gasteiger charge is -2.19. The number of ether oxygens (including phenoxy) is 1. The van der Waals surface area contributed by atoms with Crippen molar-refractivity contribution in [3.05, 3.63) is 71.5 Å².